The van der Waals surface area contributed by atoms with Gasteiger partial charge in [-0.15, -0.1) is 0 Å². The van der Waals surface area contributed by atoms with Gasteiger partial charge in [-0.3, -0.25) is 4.79 Å². The zero-order chi connectivity index (χ0) is 20.1. The molecule has 2 N–H and O–H groups in total. The van der Waals surface area contributed by atoms with E-state index in [4.69, 9.17) is 9.47 Å². The molecule has 3 rings (SSSR count). The van der Waals surface area contributed by atoms with Crippen LogP contribution in [-0.4, -0.2) is 46.6 Å². The molecular formula is C19H20N2O6S. The van der Waals surface area contributed by atoms with Crippen molar-refractivity contribution < 1.29 is 27.5 Å². The second kappa shape index (κ2) is 8.41. The minimum Gasteiger partial charge on any atom is -0.497 e. The highest BCUT2D eigenvalue weighted by molar-refractivity contribution is 7.89. The van der Waals surface area contributed by atoms with Gasteiger partial charge in [-0.25, -0.2) is 17.9 Å². The van der Waals surface area contributed by atoms with E-state index in [2.05, 4.69) is 10.0 Å². The molecule has 0 saturated carbocycles. The third-order valence-electron chi connectivity index (χ3n) is 4.27. The number of carbonyl (C=O) groups is 2. The molecule has 1 aliphatic heterocycles. The summed E-state index contributed by atoms with van der Waals surface area (Å²) in [6.45, 7) is 0.0568. The molecule has 0 aromatic heterocycles. The van der Waals surface area contributed by atoms with Crippen LogP contribution in [0.3, 0.4) is 0 Å². The number of carbonyl (C=O) groups excluding carboxylic acids is 2. The third kappa shape index (κ3) is 4.49. The van der Waals surface area contributed by atoms with Crippen LogP contribution in [0.15, 0.2) is 53.4 Å². The van der Waals surface area contributed by atoms with Gasteiger partial charge in [-0.05, 0) is 35.9 Å². The lowest BCUT2D eigenvalue weighted by molar-refractivity contribution is -0.130. The lowest BCUT2D eigenvalue weighted by Gasteiger charge is -2.23. The molecule has 1 heterocycles. The normalized spacial score (nSPS) is 16.0. The number of esters is 1. The van der Waals surface area contributed by atoms with Crippen LogP contribution in [0, 0.1) is 0 Å². The van der Waals surface area contributed by atoms with Gasteiger partial charge >= 0.3 is 5.97 Å². The molecule has 1 aliphatic rings. The molecule has 0 spiro atoms. The maximum Gasteiger partial charge on any atom is 0.339 e. The summed E-state index contributed by atoms with van der Waals surface area (Å²) in [7, 11) is -2.21. The number of fused-ring (bicyclic) bond motifs is 1. The van der Waals surface area contributed by atoms with E-state index < -0.39 is 28.0 Å². The van der Waals surface area contributed by atoms with Crippen LogP contribution in [0.5, 0.6) is 5.75 Å². The third-order valence-corrected chi connectivity index (χ3v) is 5.75. The first kappa shape index (κ1) is 19.8. The van der Waals surface area contributed by atoms with Gasteiger partial charge in [-0.1, -0.05) is 18.2 Å². The smallest absolute Gasteiger partial charge is 0.339 e. The highest BCUT2D eigenvalue weighted by Crippen LogP contribution is 2.20. The fraction of sp³-hybridized carbons (Fsp3) is 0.263. The van der Waals surface area contributed by atoms with E-state index in [-0.39, 0.29) is 24.4 Å². The van der Waals surface area contributed by atoms with Crippen LogP contribution in [0.2, 0.25) is 0 Å². The molecule has 9 heteroatoms. The summed E-state index contributed by atoms with van der Waals surface area (Å²) in [5.74, 6) is -0.455. The number of hydrogen-bond acceptors (Lipinski definition) is 6. The predicted octanol–water partition coefficient (Wildman–Crippen LogP) is 0.871. The Labute approximate surface area is 162 Å². The molecule has 0 fully saturated rings. The largest absolute Gasteiger partial charge is 0.497 e. The van der Waals surface area contributed by atoms with Gasteiger partial charge in [0, 0.05) is 19.5 Å². The molecule has 1 unspecified atom stereocenters. The van der Waals surface area contributed by atoms with E-state index in [1.54, 1.807) is 36.4 Å². The Morgan fingerprint density at radius 3 is 2.57 bits per heavy atom. The van der Waals surface area contributed by atoms with Crippen LogP contribution in [0.1, 0.15) is 15.9 Å². The maximum atomic E-state index is 12.2. The van der Waals surface area contributed by atoms with Crippen molar-refractivity contribution in [3.05, 3.63) is 59.7 Å². The molecule has 0 aliphatic carbocycles. The van der Waals surface area contributed by atoms with Crippen molar-refractivity contribution in [2.45, 2.75) is 17.4 Å². The number of benzene rings is 2. The summed E-state index contributed by atoms with van der Waals surface area (Å²) in [6, 6.07) is 12.9. The zero-order valence-electron chi connectivity index (χ0n) is 15.2. The van der Waals surface area contributed by atoms with Crippen LogP contribution in [0.25, 0.3) is 0 Å². The molecule has 1 amide bonds. The molecule has 0 radical (unpaired) electrons. The minimum atomic E-state index is -3.70. The summed E-state index contributed by atoms with van der Waals surface area (Å²) in [6.07, 6.45) is -0.647. The summed E-state index contributed by atoms with van der Waals surface area (Å²) < 4.78 is 37.0. The molecule has 0 bridgehead atoms. The monoisotopic (exact) mass is 404 g/mol. The van der Waals surface area contributed by atoms with Gasteiger partial charge in [0.2, 0.25) is 10.0 Å². The highest BCUT2D eigenvalue weighted by Gasteiger charge is 2.30. The van der Waals surface area contributed by atoms with Gasteiger partial charge in [0.1, 0.15) is 5.75 Å². The molecule has 8 nitrogen and oxygen atoms in total. The van der Waals surface area contributed by atoms with Crippen molar-refractivity contribution in [3.63, 3.8) is 0 Å². The van der Waals surface area contributed by atoms with Crippen molar-refractivity contribution in [2.75, 3.05) is 20.2 Å². The second-order valence-electron chi connectivity index (χ2n) is 6.12. The van der Waals surface area contributed by atoms with E-state index in [1.807, 2.05) is 0 Å². The summed E-state index contributed by atoms with van der Waals surface area (Å²) in [5.41, 5.74) is 1.21. The van der Waals surface area contributed by atoms with E-state index in [0.717, 1.165) is 5.56 Å². The van der Waals surface area contributed by atoms with Crippen LogP contribution in [0.4, 0.5) is 0 Å². The van der Waals surface area contributed by atoms with E-state index in [9.17, 15) is 18.0 Å². The molecule has 2 aromatic carbocycles. The first-order chi connectivity index (χ1) is 13.4. The second-order valence-corrected chi connectivity index (χ2v) is 7.89. The van der Waals surface area contributed by atoms with Gasteiger partial charge in [-0.2, -0.15) is 0 Å². The molecule has 148 valence electrons. The minimum absolute atomic E-state index is 0.00262. The Balaban J connectivity index is 1.50. The Morgan fingerprint density at radius 1 is 1.14 bits per heavy atom. The fourth-order valence-corrected chi connectivity index (χ4v) is 3.83. The van der Waals surface area contributed by atoms with Gasteiger partial charge < -0.3 is 14.8 Å². The Bertz CT molecular complexity index is 972. The van der Waals surface area contributed by atoms with Crippen molar-refractivity contribution in [1.29, 1.82) is 0 Å². The lowest BCUT2D eigenvalue weighted by atomic mass is 9.98. The first-order valence-corrected chi connectivity index (χ1v) is 10.1. The number of nitrogens with one attached hydrogen (secondary N) is 2. The first-order valence-electron chi connectivity index (χ1n) is 8.61. The summed E-state index contributed by atoms with van der Waals surface area (Å²) >= 11 is 0. The Kier molecular flexibility index (Phi) is 5.96. The van der Waals surface area contributed by atoms with Crippen molar-refractivity contribution in [2.24, 2.45) is 0 Å². The molecule has 2 aromatic rings. The van der Waals surface area contributed by atoms with Gasteiger partial charge in [0.05, 0.1) is 17.6 Å². The van der Waals surface area contributed by atoms with E-state index in [1.165, 1.54) is 19.2 Å². The number of rotatable bonds is 7. The number of sulfonamides is 1. The average molecular weight is 404 g/mol. The standard InChI is InChI=1S/C19H20N2O6S/c1-26-14-6-8-15(9-7-14)28(24,25)21-11-10-20-18(22)17-12-13-4-2-3-5-16(13)19(23)27-17/h2-9,17,21H,10-12H2,1H3,(H,20,22). The van der Waals surface area contributed by atoms with E-state index >= 15 is 0 Å². The summed E-state index contributed by atoms with van der Waals surface area (Å²) in [5, 5.41) is 2.58. The molecule has 28 heavy (non-hydrogen) atoms. The topological polar surface area (TPSA) is 111 Å². The van der Waals surface area contributed by atoms with Gasteiger partial charge in [0.15, 0.2) is 6.10 Å². The highest BCUT2D eigenvalue weighted by atomic mass is 32.2. The van der Waals surface area contributed by atoms with E-state index in [0.29, 0.717) is 11.3 Å². The molecule has 1 atom stereocenters. The van der Waals surface area contributed by atoms with Crippen LogP contribution in [-0.2, 0) is 26.0 Å². The SMILES string of the molecule is COc1ccc(S(=O)(=O)NCCNC(=O)C2Cc3ccccc3C(=O)O2)cc1. The summed E-state index contributed by atoms with van der Waals surface area (Å²) in [4.78, 5) is 24.3. The van der Waals surface area contributed by atoms with Gasteiger partial charge in [0.25, 0.3) is 5.91 Å². The lowest BCUT2D eigenvalue weighted by Crippen LogP contribution is -2.44. The van der Waals surface area contributed by atoms with Crippen molar-refractivity contribution >= 4 is 21.9 Å². The average Bonchev–Trinajstić information content (AvgIpc) is 2.71. The molecule has 0 saturated heterocycles. The molecular weight excluding hydrogens is 384 g/mol. The Morgan fingerprint density at radius 2 is 1.86 bits per heavy atom. The van der Waals surface area contributed by atoms with Crippen molar-refractivity contribution in [3.8, 4) is 5.75 Å². The number of ether oxygens (including phenoxy) is 2. The Hall–Kier alpha value is -2.91. The number of cyclic esters (lactones) is 1. The van der Waals surface area contributed by atoms with Crippen LogP contribution < -0.4 is 14.8 Å². The maximum absolute atomic E-state index is 12.2. The van der Waals surface area contributed by atoms with Crippen LogP contribution >= 0.6 is 0 Å². The fourth-order valence-electron chi connectivity index (χ4n) is 2.80. The number of hydrogen-bond donors (Lipinski definition) is 2. The number of amides is 1. The van der Waals surface area contributed by atoms with Crippen molar-refractivity contribution in [1.82, 2.24) is 10.0 Å². The predicted molar refractivity (Wildman–Crippen MR) is 101 cm³/mol. The quantitative estimate of drug-likeness (QED) is 0.523. The number of methoxy groups -OCH3 is 1. The zero-order valence-corrected chi connectivity index (χ0v) is 16.0.